The Labute approximate surface area is 164 Å². The molecule has 148 valence electrons. The molecule has 0 saturated heterocycles. The molecule has 1 heterocycles. The first-order valence-corrected chi connectivity index (χ1v) is 9.53. The summed E-state index contributed by atoms with van der Waals surface area (Å²) >= 11 is 0. The average molecular weight is 383 g/mol. The third-order valence-electron chi connectivity index (χ3n) is 4.80. The lowest BCUT2D eigenvalue weighted by molar-refractivity contribution is -0.151. The first-order chi connectivity index (χ1) is 13.6. The molecule has 28 heavy (non-hydrogen) atoms. The van der Waals surface area contributed by atoms with Gasteiger partial charge in [-0.15, -0.1) is 0 Å². The van der Waals surface area contributed by atoms with Crippen LogP contribution in [0.2, 0.25) is 0 Å². The van der Waals surface area contributed by atoms with E-state index < -0.39 is 12.0 Å². The lowest BCUT2D eigenvalue weighted by Gasteiger charge is -2.34. The fourth-order valence-corrected chi connectivity index (χ4v) is 3.40. The molecule has 3 rings (SSSR count). The predicted molar refractivity (Wildman–Crippen MR) is 104 cm³/mol. The van der Waals surface area contributed by atoms with Crippen molar-refractivity contribution < 1.29 is 24.2 Å². The third-order valence-corrected chi connectivity index (χ3v) is 4.80. The Morgan fingerprint density at radius 1 is 1.04 bits per heavy atom. The van der Waals surface area contributed by atoms with Gasteiger partial charge in [0, 0.05) is 19.4 Å². The second kappa shape index (κ2) is 9.26. The molecule has 0 aliphatic carbocycles. The Hall–Kier alpha value is -3.02. The highest BCUT2D eigenvalue weighted by Crippen LogP contribution is 2.27. The van der Waals surface area contributed by atoms with E-state index in [0.29, 0.717) is 44.1 Å². The van der Waals surface area contributed by atoms with Crippen molar-refractivity contribution in [1.82, 2.24) is 4.90 Å². The summed E-state index contributed by atoms with van der Waals surface area (Å²) in [6.07, 6.45) is 1.09. The quantitative estimate of drug-likeness (QED) is 0.708. The van der Waals surface area contributed by atoms with Crippen molar-refractivity contribution >= 4 is 11.9 Å². The van der Waals surface area contributed by atoms with E-state index in [1.54, 1.807) is 0 Å². The van der Waals surface area contributed by atoms with Crippen LogP contribution in [-0.4, -0.2) is 41.1 Å². The van der Waals surface area contributed by atoms with Gasteiger partial charge in [-0.2, -0.15) is 0 Å². The van der Waals surface area contributed by atoms with Crippen molar-refractivity contribution in [1.29, 1.82) is 0 Å². The fraction of sp³-hybridized carbons (Fsp3) is 0.364. The van der Waals surface area contributed by atoms with Gasteiger partial charge in [0.2, 0.25) is 5.91 Å². The zero-order chi connectivity index (χ0) is 19.9. The van der Waals surface area contributed by atoms with E-state index >= 15 is 0 Å². The van der Waals surface area contributed by atoms with Crippen LogP contribution in [0.5, 0.6) is 11.5 Å². The van der Waals surface area contributed by atoms with Gasteiger partial charge in [-0.25, -0.2) is 4.79 Å². The van der Waals surface area contributed by atoms with E-state index in [4.69, 9.17) is 9.47 Å². The molecule has 1 N–H and O–H groups in total. The fourth-order valence-electron chi connectivity index (χ4n) is 3.40. The van der Waals surface area contributed by atoms with Crippen LogP contribution >= 0.6 is 0 Å². The van der Waals surface area contributed by atoms with Gasteiger partial charge in [0.05, 0.1) is 13.2 Å². The summed E-state index contributed by atoms with van der Waals surface area (Å²) in [5, 5.41) is 9.55. The number of hydrogen-bond acceptors (Lipinski definition) is 4. The van der Waals surface area contributed by atoms with Gasteiger partial charge < -0.3 is 19.5 Å². The number of benzene rings is 2. The highest BCUT2D eigenvalue weighted by molar-refractivity contribution is 5.84. The number of nitrogens with zero attached hydrogens (tertiary/aromatic N) is 1. The van der Waals surface area contributed by atoms with Gasteiger partial charge in [-0.05, 0) is 36.6 Å². The number of carbonyl (C=O) groups is 2. The first-order valence-electron chi connectivity index (χ1n) is 9.53. The Morgan fingerprint density at radius 2 is 1.68 bits per heavy atom. The van der Waals surface area contributed by atoms with Gasteiger partial charge in [-0.1, -0.05) is 36.4 Å². The van der Waals surface area contributed by atoms with E-state index in [2.05, 4.69) is 0 Å². The number of para-hydroxylation sites is 2. The van der Waals surface area contributed by atoms with E-state index in [9.17, 15) is 14.7 Å². The summed E-state index contributed by atoms with van der Waals surface area (Å²) in [6.45, 7) is 3.15. The number of fused-ring (bicyclic) bond motifs is 1. The number of hydrogen-bond donors (Lipinski definition) is 1. The number of carboxylic acids is 1. The molecule has 2 aromatic carbocycles. The van der Waals surface area contributed by atoms with Gasteiger partial charge in [0.15, 0.2) is 11.5 Å². The minimum Gasteiger partial charge on any atom is -0.490 e. The van der Waals surface area contributed by atoms with Gasteiger partial charge in [-0.3, -0.25) is 4.79 Å². The van der Waals surface area contributed by atoms with Gasteiger partial charge >= 0.3 is 5.97 Å². The normalized spacial score (nSPS) is 15.6. The van der Waals surface area contributed by atoms with Crippen LogP contribution in [-0.2, 0) is 22.6 Å². The number of carboxylic acid groups (broad SMARTS) is 1. The number of amides is 1. The zero-order valence-corrected chi connectivity index (χ0v) is 16.0. The minimum atomic E-state index is -0.968. The molecule has 0 aromatic heterocycles. The Morgan fingerprint density at radius 3 is 2.36 bits per heavy atom. The Bertz CT molecular complexity index is 835. The summed E-state index contributed by atoms with van der Waals surface area (Å²) in [7, 11) is 0. The van der Waals surface area contributed by atoms with Crippen LogP contribution in [0.25, 0.3) is 0 Å². The van der Waals surface area contributed by atoms with Crippen molar-refractivity contribution in [3.8, 4) is 11.5 Å². The third kappa shape index (κ3) is 4.63. The lowest BCUT2D eigenvalue weighted by Crippen LogP contribution is -2.48. The maximum atomic E-state index is 12.7. The van der Waals surface area contributed by atoms with Crippen molar-refractivity contribution in [3.63, 3.8) is 0 Å². The van der Waals surface area contributed by atoms with Crippen molar-refractivity contribution in [2.75, 3.05) is 13.2 Å². The highest BCUT2D eigenvalue weighted by atomic mass is 16.5. The number of aliphatic carboxylic acids is 1. The summed E-state index contributed by atoms with van der Waals surface area (Å²) in [5.41, 5.74) is 2.00. The second-order valence-corrected chi connectivity index (χ2v) is 6.68. The smallest absolute Gasteiger partial charge is 0.326 e. The van der Waals surface area contributed by atoms with Crippen LogP contribution in [0, 0.1) is 0 Å². The molecule has 1 aliphatic heterocycles. The summed E-state index contributed by atoms with van der Waals surface area (Å²) < 4.78 is 11.3. The second-order valence-electron chi connectivity index (χ2n) is 6.68. The standard InChI is InChI=1S/C22H25NO5/c1-2-27-19-10-5-6-11-20(19)28-13-7-12-21(24)23-15-17-9-4-3-8-16(17)14-18(23)22(25)26/h3-6,8-11,18H,2,7,12-15H2,1H3,(H,25,26). The van der Waals surface area contributed by atoms with E-state index in [-0.39, 0.29) is 12.3 Å². The van der Waals surface area contributed by atoms with Crippen molar-refractivity contribution in [2.45, 2.75) is 38.8 Å². The molecule has 1 amide bonds. The highest BCUT2D eigenvalue weighted by Gasteiger charge is 2.33. The van der Waals surface area contributed by atoms with Crippen LogP contribution in [0.15, 0.2) is 48.5 Å². The molecule has 1 aliphatic rings. The molecule has 0 bridgehead atoms. The largest absolute Gasteiger partial charge is 0.490 e. The Balaban J connectivity index is 1.56. The van der Waals surface area contributed by atoms with Crippen LogP contribution < -0.4 is 9.47 Å². The molecule has 2 aromatic rings. The van der Waals surface area contributed by atoms with Crippen LogP contribution in [0.3, 0.4) is 0 Å². The Kier molecular flexibility index (Phi) is 6.53. The van der Waals surface area contributed by atoms with Gasteiger partial charge in [0.25, 0.3) is 0 Å². The van der Waals surface area contributed by atoms with Crippen LogP contribution in [0.1, 0.15) is 30.9 Å². The van der Waals surface area contributed by atoms with Gasteiger partial charge in [0.1, 0.15) is 6.04 Å². The minimum absolute atomic E-state index is 0.163. The predicted octanol–water partition coefficient (Wildman–Crippen LogP) is 3.28. The molecule has 0 radical (unpaired) electrons. The monoisotopic (exact) mass is 383 g/mol. The van der Waals surface area contributed by atoms with Crippen molar-refractivity contribution in [3.05, 3.63) is 59.7 Å². The summed E-state index contributed by atoms with van der Waals surface area (Å²) in [4.78, 5) is 25.8. The number of carbonyl (C=O) groups excluding carboxylic acids is 1. The zero-order valence-electron chi connectivity index (χ0n) is 16.0. The molecule has 6 heteroatoms. The first kappa shape index (κ1) is 19.7. The topological polar surface area (TPSA) is 76.1 Å². The van der Waals surface area contributed by atoms with Crippen molar-refractivity contribution in [2.24, 2.45) is 0 Å². The summed E-state index contributed by atoms with van der Waals surface area (Å²) in [5.74, 6) is 0.190. The molecule has 1 atom stereocenters. The van der Waals surface area contributed by atoms with E-state index in [1.165, 1.54) is 4.90 Å². The molecule has 1 unspecified atom stereocenters. The van der Waals surface area contributed by atoms with E-state index in [0.717, 1.165) is 11.1 Å². The maximum absolute atomic E-state index is 12.7. The van der Waals surface area contributed by atoms with E-state index in [1.807, 2.05) is 55.5 Å². The average Bonchev–Trinajstić information content (AvgIpc) is 2.71. The number of rotatable bonds is 8. The lowest BCUT2D eigenvalue weighted by atomic mass is 9.93. The molecule has 0 spiro atoms. The molecule has 0 saturated carbocycles. The maximum Gasteiger partial charge on any atom is 0.326 e. The SMILES string of the molecule is CCOc1ccccc1OCCCC(=O)N1Cc2ccccc2CC1C(=O)O. The molecular formula is C22H25NO5. The number of ether oxygens (including phenoxy) is 2. The molecule has 6 nitrogen and oxygen atoms in total. The molecule has 0 fully saturated rings. The van der Waals surface area contributed by atoms with Crippen LogP contribution in [0.4, 0.5) is 0 Å². The summed E-state index contributed by atoms with van der Waals surface area (Å²) in [6, 6.07) is 14.3. The molecular weight excluding hydrogens is 358 g/mol.